The zero-order valence-electron chi connectivity index (χ0n) is 17.0. The van der Waals surface area contributed by atoms with Crippen molar-refractivity contribution in [3.05, 3.63) is 56.2 Å². The molecule has 30 heavy (non-hydrogen) atoms. The first-order valence-electron chi connectivity index (χ1n) is 9.59. The van der Waals surface area contributed by atoms with Gasteiger partial charge in [0.2, 0.25) is 5.75 Å². The zero-order chi connectivity index (χ0) is 22.0. The van der Waals surface area contributed by atoms with Crippen LogP contribution in [0.2, 0.25) is 5.02 Å². The van der Waals surface area contributed by atoms with Gasteiger partial charge in [0.05, 0.1) is 19.2 Å². The van der Waals surface area contributed by atoms with Crippen LogP contribution in [0.1, 0.15) is 46.8 Å². The maximum absolute atomic E-state index is 14.0. The molecule has 1 fully saturated rings. The van der Waals surface area contributed by atoms with E-state index < -0.39 is 35.1 Å². The first-order valence-corrected chi connectivity index (χ1v) is 9.97. The lowest BCUT2D eigenvalue weighted by Gasteiger charge is -2.24. The largest absolute Gasteiger partial charge is 0.501 e. The molecule has 2 aromatic rings. The SMILES string of the molecule is CCON1CC(F)CC1c1nc(C(=O)NCc2ccc(C)c(Cl)c2)c(O)c(=O)n1C. The number of benzene rings is 1. The van der Waals surface area contributed by atoms with Gasteiger partial charge in [0.1, 0.15) is 12.0 Å². The Kier molecular flexibility index (Phi) is 6.74. The summed E-state index contributed by atoms with van der Waals surface area (Å²) < 4.78 is 15.1. The lowest BCUT2D eigenvalue weighted by Crippen LogP contribution is -2.34. The molecule has 1 saturated heterocycles. The fourth-order valence-electron chi connectivity index (χ4n) is 3.37. The summed E-state index contributed by atoms with van der Waals surface area (Å²) in [5.41, 5.74) is 0.456. The van der Waals surface area contributed by atoms with E-state index in [9.17, 15) is 19.1 Å². The normalized spacial score (nSPS) is 19.2. The number of carbonyl (C=O) groups excluding carboxylic acids is 1. The first kappa shape index (κ1) is 22.2. The number of hydrogen-bond acceptors (Lipinski definition) is 6. The predicted octanol–water partition coefficient (Wildman–Crippen LogP) is 2.41. The van der Waals surface area contributed by atoms with E-state index in [2.05, 4.69) is 10.3 Å². The Morgan fingerprint density at radius 1 is 1.47 bits per heavy atom. The third-order valence-electron chi connectivity index (χ3n) is 5.00. The number of aromatic nitrogens is 2. The highest BCUT2D eigenvalue weighted by Crippen LogP contribution is 2.32. The van der Waals surface area contributed by atoms with Crippen LogP contribution in [0, 0.1) is 6.92 Å². The Labute approximate surface area is 178 Å². The number of halogens is 2. The van der Waals surface area contributed by atoms with Crippen molar-refractivity contribution in [1.82, 2.24) is 19.9 Å². The Morgan fingerprint density at radius 2 is 2.20 bits per heavy atom. The van der Waals surface area contributed by atoms with Crippen molar-refractivity contribution in [1.29, 1.82) is 0 Å². The maximum Gasteiger partial charge on any atom is 0.296 e. The minimum absolute atomic E-state index is 0.0327. The molecular formula is C20H24ClFN4O4. The molecule has 162 valence electrons. The van der Waals surface area contributed by atoms with Crippen LogP contribution in [-0.2, 0) is 18.4 Å². The Morgan fingerprint density at radius 3 is 2.87 bits per heavy atom. The van der Waals surface area contributed by atoms with E-state index in [0.717, 1.165) is 15.7 Å². The van der Waals surface area contributed by atoms with Crippen LogP contribution in [0.25, 0.3) is 0 Å². The summed E-state index contributed by atoms with van der Waals surface area (Å²) in [6, 6.07) is 4.70. The van der Waals surface area contributed by atoms with Gasteiger partial charge in [-0.05, 0) is 31.0 Å². The van der Waals surface area contributed by atoms with E-state index in [1.807, 2.05) is 19.1 Å². The van der Waals surface area contributed by atoms with Gasteiger partial charge >= 0.3 is 0 Å². The van der Waals surface area contributed by atoms with E-state index in [-0.39, 0.29) is 25.3 Å². The Bertz CT molecular complexity index is 1010. The number of aromatic hydroxyl groups is 1. The summed E-state index contributed by atoms with van der Waals surface area (Å²) in [4.78, 5) is 34.8. The highest BCUT2D eigenvalue weighted by molar-refractivity contribution is 6.31. The van der Waals surface area contributed by atoms with Crippen molar-refractivity contribution in [2.75, 3.05) is 13.2 Å². The van der Waals surface area contributed by atoms with Gasteiger partial charge in [-0.25, -0.2) is 9.37 Å². The van der Waals surface area contributed by atoms with Gasteiger partial charge in [-0.2, -0.15) is 5.06 Å². The Balaban J connectivity index is 1.88. The highest BCUT2D eigenvalue weighted by atomic mass is 35.5. The molecule has 0 spiro atoms. The highest BCUT2D eigenvalue weighted by Gasteiger charge is 2.37. The summed E-state index contributed by atoms with van der Waals surface area (Å²) in [5, 5.41) is 14.8. The second-order valence-electron chi connectivity index (χ2n) is 7.16. The second kappa shape index (κ2) is 9.11. The summed E-state index contributed by atoms with van der Waals surface area (Å²) in [6.45, 7) is 4.12. The van der Waals surface area contributed by atoms with E-state index in [1.165, 1.54) is 12.1 Å². The van der Waals surface area contributed by atoms with Crippen molar-refractivity contribution < 1.29 is 19.1 Å². The fourth-order valence-corrected chi connectivity index (χ4v) is 3.58. The molecule has 0 radical (unpaired) electrons. The molecule has 0 bridgehead atoms. The fraction of sp³-hybridized carbons (Fsp3) is 0.450. The van der Waals surface area contributed by atoms with Crippen molar-refractivity contribution in [3.63, 3.8) is 0 Å². The van der Waals surface area contributed by atoms with Gasteiger partial charge in [0.15, 0.2) is 5.69 Å². The van der Waals surface area contributed by atoms with Gasteiger partial charge in [-0.1, -0.05) is 23.7 Å². The van der Waals surface area contributed by atoms with Gasteiger partial charge in [-0.15, -0.1) is 0 Å². The van der Waals surface area contributed by atoms with Crippen LogP contribution in [0.3, 0.4) is 0 Å². The molecule has 1 aromatic carbocycles. The van der Waals surface area contributed by atoms with Crippen molar-refractivity contribution in [3.8, 4) is 5.75 Å². The number of rotatable bonds is 6. The number of nitrogens with zero attached hydrogens (tertiary/aromatic N) is 3. The number of carbonyl (C=O) groups is 1. The lowest BCUT2D eigenvalue weighted by atomic mass is 10.1. The van der Waals surface area contributed by atoms with Crippen LogP contribution in [0.4, 0.5) is 4.39 Å². The predicted molar refractivity (Wildman–Crippen MR) is 109 cm³/mol. The molecule has 2 heterocycles. The number of aryl methyl sites for hydroxylation is 1. The molecule has 10 heteroatoms. The second-order valence-corrected chi connectivity index (χ2v) is 7.57. The zero-order valence-corrected chi connectivity index (χ0v) is 17.7. The van der Waals surface area contributed by atoms with Crippen LogP contribution < -0.4 is 10.9 Å². The molecule has 1 aliphatic heterocycles. The minimum Gasteiger partial charge on any atom is -0.501 e. The van der Waals surface area contributed by atoms with E-state index in [0.29, 0.717) is 11.6 Å². The number of hydrogen-bond donors (Lipinski definition) is 2. The topological polar surface area (TPSA) is 96.7 Å². The molecule has 0 aliphatic carbocycles. The molecule has 0 saturated carbocycles. The number of hydroxylamine groups is 2. The molecule has 2 atom stereocenters. The summed E-state index contributed by atoms with van der Waals surface area (Å²) in [6.07, 6.45) is -1.09. The average molecular weight is 439 g/mol. The third kappa shape index (κ3) is 4.48. The van der Waals surface area contributed by atoms with Crippen LogP contribution in [0.5, 0.6) is 5.75 Å². The van der Waals surface area contributed by atoms with Crippen molar-refractivity contribution in [2.45, 2.75) is 39.0 Å². The van der Waals surface area contributed by atoms with Crippen molar-refractivity contribution >= 4 is 17.5 Å². The molecule has 1 amide bonds. The molecule has 8 nitrogen and oxygen atoms in total. The summed E-state index contributed by atoms with van der Waals surface area (Å²) in [7, 11) is 1.41. The number of alkyl halides is 1. The molecule has 2 unspecified atom stereocenters. The Hall–Kier alpha value is -2.49. The summed E-state index contributed by atoms with van der Waals surface area (Å²) >= 11 is 6.10. The molecule has 3 rings (SSSR count). The molecular weight excluding hydrogens is 415 g/mol. The smallest absolute Gasteiger partial charge is 0.296 e. The van der Waals surface area contributed by atoms with Crippen LogP contribution in [-0.4, -0.2) is 45.0 Å². The summed E-state index contributed by atoms with van der Waals surface area (Å²) in [5.74, 6) is -1.34. The minimum atomic E-state index is -1.16. The van der Waals surface area contributed by atoms with E-state index in [1.54, 1.807) is 13.0 Å². The average Bonchev–Trinajstić information content (AvgIpc) is 3.07. The third-order valence-corrected chi connectivity index (χ3v) is 5.41. The number of amides is 1. The van der Waals surface area contributed by atoms with E-state index >= 15 is 0 Å². The van der Waals surface area contributed by atoms with Crippen molar-refractivity contribution in [2.24, 2.45) is 7.05 Å². The maximum atomic E-state index is 14.0. The first-order chi connectivity index (χ1) is 14.2. The monoisotopic (exact) mass is 438 g/mol. The van der Waals surface area contributed by atoms with Gasteiger partial charge < -0.3 is 10.4 Å². The van der Waals surface area contributed by atoms with Gasteiger partial charge in [0, 0.05) is 25.0 Å². The quantitative estimate of drug-likeness (QED) is 0.719. The standard InChI is InChI=1S/C20H24ClFN4O4/c1-4-30-26-10-13(22)8-15(26)18-24-16(17(27)20(29)25(18)3)19(28)23-9-12-6-5-11(2)14(21)7-12/h5-7,13,15,27H,4,8-10H2,1-3H3,(H,23,28). The van der Waals surface area contributed by atoms with Crippen LogP contribution >= 0.6 is 11.6 Å². The molecule has 2 N–H and O–H groups in total. The molecule has 1 aliphatic rings. The molecule has 1 aromatic heterocycles. The van der Waals surface area contributed by atoms with Gasteiger partial charge in [0.25, 0.3) is 11.5 Å². The van der Waals surface area contributed by atoms with Gasteiger partial charge in [-0.3, -0.25) is 19.0 Å². The van der Waals surface area contributed by atoms with Crippen LogP contribution in [0.15, 0.2) is 23.0 Å². The number of nitrogens with one attached hydrogen (secondary N) is 1. The van der Waals surface area contributed by atoms with E-state index in [4.69, 9.17) is 16.4 Å². The lowest BCUT2D eigenvalue weighted by molar-refractivity contribution is -0.169.